The maximum atomic E-state index is 5.89. The molecule has 2 fully saturated rings. The first-order valence-corrected chi connectivity index (χ1v) is 7.67. The van der Waals surface area contributed by atoms with Gasteiger partial charge in [0, 0.05) is 44.0 Å². The minimum absolute atomic E-state index is 0.650. The maximum Gasteiger partial charge on any atom is 0.0355 e. The standard InChI is InChI=1S/C16H23N3/c17-13-2-5-15-12(11-13)1-6-16(15)19-9-7-18(8-10-19)14-3-4-14/h2,5,11,14,16H,1,3-4,6-10,17H2. The van der Waals surface area contributed by atoms with Gasteiger partial charge in [-0.25, -0.2) is 0 Å². The third kappa shape index (κ3) is 2.15. The summed E-state index contributed by atoms with van der Waals surface area (Å²) in [5.41, 5.74) is 9.82. The molecule has 2 aliphatic carbocycles. The molecule has 19 heavy (non-hydrogen) atoms. The predicted molar refractivity (Wildman–Crippen MR) is 78.1 cm³/mol. The number of piperazine rings is 1. The third-order valence-corrected chi connectivity index (χ3v) is 5.07. The lowest BCUT2D eigenvalue weighted by Crippen LogP contribution is -2.47. The molecule has 1 saturated heterocycles. The Labute approximate surface area is 115 Å². The molecule has 3 heteroatoms. The van der Waals surface area contributed by atoms with E-state index >= 15 is 0 Å². The van der Waals surface area contributed by atoms with Crippen LogP contribution in [0.25, 0.3) is 0 Å². The highest BCUT2D eigenvalue weighted by Crippen LogP contribution is 2.37. The molecular formula is C16H23N3. The van der Waals surface area contributed by atoms with Crippen LogP contribution >= 0.6 is 0 Å². The summed E-state index contributed by atoms with van der Waals surface area (Å²) in [7, 11) is 0. The van der Waals surface area contributed by atoms with Crippen LogP contribution in [0.2, 0.25) is 0 Å². The minimum atomic E-state index is 0.650. The van der Waals surface area contributed by atoms with E-state index in [2.05, 4.69) is 28.0 Å². The molecule has 0 bridgehead atoms. The van der Waals surface area contributed by atoms with E-state index in [4.69, 9.17) is 5.73 Å². The molecule has 0 aromatic heterocycles. The molecule has 1 aliphatic heterocycles. The number of fused-ring (bicyclic) bond motifs is 1. The summed E-state index contributed by atoms with van der Waals surface area (Å²) in [5, 5.41) is 0. The maximum absolute atomic E-state index is 5.89. The van der Waals surface area contributed by atoms with Crippen molar-refractivity contribution < 1.29 is 0 Å². The topological polar surface area (TPSA) is 32.5 Å². The zero-order chi connectivity index (χ0) is 12.8. The fraction of sp³-hybridized carbons (Fsp3) is 0.625. The molecule has 3 nitrogen and oxygen atoms in total. The van der Waals surface area contributed by atoms with Gasteiger partial charge < -0.3 is 5.73 Å². The largest absolute Gasteiger partial charge is 0.399 e. The smallest absolute Gasteiger partial charge is 0.0355 e. The van der Waals surface area contributed by atoms with Crippen LogP contribution < -0.4 is 5.73 Å². The van der Waals surface area contributed by atoms with Gasteiger partial charge >= 0.3 is 0 Å². The Bertz CT molecular complexity index is 473. The van der Waals surface area contributed by atoms with Crippen molar-refractivity contribution in [2.24, 2.45) is 0 Å². The van der Waals surface area contributed by atoms with E-state index in [0.717, 1.165) is 11.7 Å². The normalized spacial score (nSPS) is 28.5. The molecule has 1 saturated carbocycles. The van der Waals surface area contributed by atoms with Gasteiger partial charge in [0.05, 0.1) is 0 Å². The van der Waals surface area contributed by atoms with Gasteiger partial charge in [-0.3, -0.25) is 9.80 Å². The van der Waals surface area contributed by atoms with E-state index in [1.807, 2.05) is 0 Å². The molecule has 0 radical (unpaired) electrons. The SMILES string of the molecule is Nc1ccc2c(c1)CCC2N1CCN(C2CC2)CC1. The lowest BCUT2D eigenvalue weighted by Gasteiger charge is -2.38. The van der Waals surface area contributed by atoms with Gasteiger partial charge in [0.1, 0.15) is 0 Å². The Morgan fingerprint density at radius 1 is 0.947 bits per heavy atom. The first-order valence-electron chi connectivity index (χ1n) is 7.67. The second-order valence-electron chi connectivity index (χ2n) is 6.32. The average Bonchev–Trinajstić information content (AvgIpc) is 3.20. The van der Waals surface area contributed by atoms with E-state index in [1.165, 1.54) is 63.0 Å². The van der Waals surface area contributed by atoms with E-state index in [1.54, 1.807) is 0 Å². The van der Waals surface area contributed by atoms with E-state index in [0.29, 0.717) is 6.04 Å². The van der Waals surface area contributed by atoms with Crippen LogP contribution in [0.3, 0.4) is 0 Å². The highest BCUT2D eigenvalue weighted by atomic mass is 15.3. The predicted octanol–water partition coefficient (Wildman–Crippen LogP) is 2.04. The van der Waals surface area contributed by atoms with Crippen LogP contribution in [-0.2, 0) is 6.42 Å². The minimum Gasteiger partial charge on any atom is -0.399 e. The first kappa shape index (κ1) is 11.7. The molecule has 1 heterocycles. The quantitative estimate of drug-likeness (QED) is 0.823. The van der Waals surface area contributed by atoms with Crippen LogP contribution in [0.15, 0.2) is 18.2 Å². The Balaban J connectivity index is 1.47. The van der Waals surface area contributed by atoms with Crippen molar-refractivity contribution >= 4 is 5.69 Å². The Morgan fingerprint density at radius 3 is 2.42 bits per heavy atom. The molecule has 102 valence electrons. The number of rotatable bonds is 2. The van der Waals surface area contributed by atoms with Crippen LogP contribution in [-0.4, -0.2) is 42.0 Å². The summed E-state index contributed by atoms with van der Waals surface area (Å²) in [5.74, 6) is 0. The summed E-state index contributed by atoms with van der Waals surface area (Å²) in [6, 6.07) is 8.08. The Hall–Kier alpha value is -1.06. The van der Waals surface area contributed by atoms with Crippen LogP contribution in [0.1, 0.15) is 36.4 Å². The lowest BCUT2D eigenvalue weighted by molar-refractivity contribution is 0.0914. The van der Waals surface area contributed by atoms with E-state index in [9.17, 15) is 0 Å². The molecular weight excluding hydrogens is 234 g/mol. The summed E-state index contributed by atoms with van der Waals surface area (Å²) in [4.78, 5) is 5.39. The second kappa shape index (κ2) is 4.50. The Kier molecular flexibility index (Phi) is 2.78. The number of nitrogens with zero attached hydrogens (tertiary/aromatic N) is 2. The molecule has 3 aliphatic rings. The van der Waals surface area contributed by atoms with E-state index < -0.39 is 0 Å². The monoisotopic (exact) mass is 257 g/mol. The van der Waals surface area contributed by atoms with Crippen molar-refractivity contribution in [1.29, 1.82) is 0 Å². The Morgan fingerprint density at radius 2 is 1.68 bits per heavy atom. The zero-order valence-electron chi connectivity index (χ0n) is 11.5. The molecule has 0 amide bonds. The second-order valence-corrected chi connectivity index (χ2v) is 6.32. The van der Waals surface area contributed by atoms with Crippen LogP contribution in [0, 0.1) is 0 Å². The average molecular weight is 257 g/mol. The molecule has 4 rings (SSSR count). The van der Waals surface area contributed by atoms with Gasteiger partial charge in [-0.05, 0) is 48.9 Å². The number of nitrogens with two attached hydrogens (primary N) is 1. The summed E-state index contributed by atoms with van der Waals surface area (Å²) in [6.07, 6.45) is 5.35. The highest BCUT2D eigenvalue weighted by molar-refractivity contribution is 5.47. The van der Waals surface area contributed by atoms with Crippen LogP contribution in [0.5, 0.6) is 0 Å². The number of anilines is 1. The molecule has 1 atom stereocenters. The number of benzene rings is 1. The van der Waals surface area contributed by atoms with Gasteiger partial charge in [-0.2, -0.15) is 0 Å². The summed E-state index contributed by atoms with van der Waals surface area (Å²) < 4.78 is 0. The lowest BCUT2D eigenvalue weighted by atomic mass is 10.1. The molecule has 0 spiro atoms. The van der Waals surface area contributed by atoms with E-state index in [-0.39, 0.29) is 0 Å². The van der Waals surface area contributed by atoms with Crippen molar-refractivity contribution in [3.05, 3.63) is 29.3 Å². The highest BCUT2D eigenvalue weighted by Gasteiger charge is 2.34. The van der Waals surface area contributed by atoms with Gasteiger partial charge in [-0.15, -0.1) is 0 Å². The van der Waals surface area contributed by atoms with Crippen molar-refractivity contribution in [1.82, 2.24) is 9.80 Å². The van der Waals surface area contributed by atoms with Gasteiger partial charge in [0.25, 0.3) is 0 Å². The number of aryl methyl sites for hydroxylation is 1. The first-order chi connectivity index (χ1) is 9.31. The molecule has 1 aromatic carbocycles. The summed E-state index contributed by atoms with van der Waals surface area (Å²) in [6.45, 7) is 5.02. The molecule has 2 N–H and O–H groups in total. The van der Waals surface area contributed by atoms with Gasteiger partial charge in [0.15, 0.2) is 0 Å². The van der Waals surface area contributed by atoms with Gasteiger partial charge in [0.2, 0.25) is 0 Å². The number of hydrogen-bond acceptors (Lipinski definition) is 3. The van der Waals surface area contributed by atoms with Crippen LogP contribution in [0.4, 0.5) is 5.69 Å². The third-order valence-electron chi connectivity index (χ3n) is 5.07. The van der Waals surface area contributed by atoms with Crippen molar-refractivity contribution in [2.75, 3.05) is 31.9 Å². The zero-order valence-corrected chi connectivity index (χ0v) is 11.5. The fourth-order valence-corrected chi connectivity index (χ4v) is 3.85. The summed E-state index contributed by atoms with van der Waals surface area (Å²) >= 11 is 0. The van der Waals surface area contributed by atoms with Gasteiger partial charge in [-0.1, -0.05) is 6.07 Å². The number of nitrogen functional groups attached to an aromatic ring is 1. The molecule has 1 aromatic rings. The van der Waals surface area contributed by atoms with Crippen molar-refractivity contribution in [2.45, 2.75) is 37.8 Å². The number of hydrogen-bond donors (Lipinski definition) is 1. The molecule has 1 unspecified atom stereocenters. The van der Waals surface area contributed by atoms with Crippen molar-refractivity contribution in [3.8, 4) is 0 Å². The fourth-order valence-electron chi connectivity index (χ4n) is 3.85. The van der Waals surface area contributed by atoms with Crippen molar-refractivity contribution in [3.63, 3.8) is 0 Å².